The maximum Gasteiger partial charge on any atom is 0.335 e. The quantitative estimate of drug-likeness (QED) is 0.744. The fourth-order valence-electron chi connectivity index (χ4n) is 2.13. The molecule has 0 spiro atoms. The Morgan fingerprint density at radius 2 is 1.57 bits per heavy atom. The maximum absolute atomic E-state index is 12.2. The molecule has 1 rings (SSSR count). The van der Waals surface area contributed by atoms with Gasteiger partial charge in [-0.1, -0.05) is 20.8 Å². The molecule has 1 atom stereocenters. The zero-order chi connectivity index (χ0) is 16.2. The fourth-order valence-corrected chi connectivity index (χ4v) is 2.13. The largest absolute Gasteiger partial charge is 0.479 e. The van der Waals surface area contributed by atoms with E-state index in [9.17, 15) is 19.5 Å². The molecule has 1 aromatic rings. The van der Waals surface area contributed by atoms with E-state index in [0.29, 0.717) is 0 Å². The lowest BCUT2D eigenvalue weighted by molar-refractivity contribution is -0.146. The Kier molecular flexibility index (Phi) is 5.07. The minimum absolute atomic E-state index is 0.0652. The van der Waals surface area contributed by atoms with Crippen LogP contribution in [0.15, 0.2) is 24.3 Å². The van der Waals surface area contributed by atoms with Crippen molar-refractivity contribution in [3.63, 3.8) is 0 Å². The first-order valence-electron chi connectivity index (χ1n) is 6.63. The van der Waals surface area contributed by atoms with E-state index in [2.05, 4.69) is 5.32 Å². The Bertz CT molecular complexity index is 550. The van der Waals surface area contributed by atoms with Gasteiger partial charge in [0.15, 0.2) is 0 Å². The third-order valence-electron chi connectivity index (χ3n) is 3.66. The average Bonchev–Trinajstić information content (AvgIpc) is 2.43. The number of carboxylic acid groups (broad SMARTS) is 2. The van der Waals surface area contributed by atoms with Crippen molar-refractivity contribution in [2.24, 2.45) is 5.92 Å². The molecular formula is C15H19NO5. The Morgan fingerprint density at radius 3 is 1.90 bits per heavy atom. The summed E-state index contributed by atoms with van der Waals surface area (Å²) < 4.78 is 0. The van der Waals surface area contributed by atoms with Crippen LogP contribution in [0.25, 0.3) is 0 Å². The van der Waals surface area contributed by atoms with Gasteiger partial charge >= 0.3 is 11.9 Å². The van der Waals surface area contributed by atoms with Gasteiger partial charge in [0.1, 0.15) is 5.54 Å². The SMILES string of the molecule is CCC(NC(=O)c1ccc(C(=O)O)cc1)(C(=O)O)C(C)C. The van der Waals surface area contributed by atoms with Crippen molar-refractivity contribution in [1.29, 1.82) is 0 Å². The predicted octanol–water partition coefficient (Wildman–Crippen LogP) is 2.00. The number of nitrogens with one attached hydrogen (secondary N) is 1. The summed E-state index contributed by atoms with van der Waals surface area (Å²) in [5.74, 6) is -3.00. The lowest BCUT2D eigenvalue weighted by Gasteiger charge is -2.33. The number of amides is 1. The summed E-state index contributed by atoms with van der Waals surface area (Å²) in [7, 11) is 0. The number of benzene rings is 1. The van der Waals surface area contributed by atoms with Gasteiger partial charge in [0, 0.05) is 5.56 Å². The Labute approximate surface area is 122 Å². The molecule has 0 fully saturated rings. The van der Waals surface area contributed by atoms with Gasteiger partial charge in [-0.25, -0.2) is 9.59 Å². The van der Waals surface area contributed by atoms with Crippen LogP contribution in [0, 0.1) is 5.92 Å². The zero-order valence-electron chi connectivity index (χ0n) is 12.2. The molecule has 21 heavy (non-hydrogen) atoms. The third-order valence-corrected chi connectivity index (χ3v) is 3.66. The molecule has 0 saturated heterocycles. The molecule has 6 nitrogen and oxygen atoms in total. The van der Waals surface area contributed by atoms with Crippen molar-refractivity contribution >= 4 is 17.8 Å². The van der Waals surface area contributed by atoms with Gasteiger partial charge in [-0.05, 0) is 36.6 Å². The summed E-state index contributed by atoms with van der Waals surface area (Å²) in [6.45, 7) is 5.15. The van der Waals surface area contributed by atoms with E-state index in [1.807, 2.05) is 0 Å². The Morgan fingerprint density at radius 1 is 1.10 bits per heavy atom. The van der Waals surface area contributed by atoms with E-state index in [0.717, 1.165) is 0 Å². The average molecular weight is 293 g/mol. The van der Waals surface area contributed by atoms with Gasteiger partial charge in [-0.3, -0.25) is 4.79 Å². The second kappa shape index (κ2) is 6.39. The van der Waals surface area contributed by atoms with Crippen LogP contribution in [0.5, 0.6) is 0 Å². The summed E-state index contributed by atoms with van der Waals surface area (Å²) in [6, 6.07) is 5.34. The Balaban J connectivity index is 3.02. The lowest BCUT2D eigenvalue weighted by Crippen LogP contribution is -2.57. The minimum atomic E-state index is -1.34. The smallest absolute Gasteiger partial charge is 0.335 e. The van der Waals surface area contributed by atoms with E-state index in [1.54, 1.807) is 20.8 Å². The molecule has 1 unspecified atom stereocenters. The second-order valence-corrected chi connectivity index (χ2v) is 5.12. The number of carbonyl (C=O) groups is 3. The second-order valence-electron chi connectivity index (χ2n) is 5.12. The van der Waals surface area contributed by atoms with Gasteiger partial charge in [0.05, 0.1) is 5.56 Å². The minimum Gasteiger partial charge on any atom is -0.479 e. The molecular weight excluding hydrogens is 274 g/mol. The molecule has 1 aromatic carbocycles. The number of carbonyl (C=O) groups excluding carboxylic acids is 1. The van der Waals surface area contributed by atoms with Crippen LogP contribution in [-0.4, -0.2) is 33.6 Å². The summed E-state index contributed by atoms with van der Waals surface area (Å²) in [5.41, 5.74) is -1.06. The van der Waals surface area contributed by atoms with E-state index >= 15 is 0 Å². The van der Waals surface area contributed by atoms with Crippen molar-refractivity contribution in [1.82, 2.24) is 5.32 Å². The number of hydrogen-bond donors (Lipinski definition) is 3. The van der Waals surface area contributed by atoms with Crippen LogP contribution in [-0.2, 0) is 4.79 Å². The van der Waals surface area contributed by atoms with E-state index in [4.69, 9.17) is 5.11 Å². The number of hydrogen-bond acceptors (Lipinski definition) is 3. The van der Waals surface area contributed by atoms with E-state index in [-0.39, 0.29) is 23.5 Å². The highest BCUT2D eigenvalue weighted by Gasteiger charge is 2.41. The highest BCUT2D eigenvalue weighted by atomic mass is 16.4. The van der Waals surface area contributed by atoms with Gasteiger partial charge < -0.3 is 15.5 Å². The monoisotopic (exact) mass is 293 g/mol. The molecule has 0 aliphatic heterocycles. The van der Waals surface area contributed by atoms with Crippen molar-refractivity contribution in [3.8, 4) is 0 Å². The normalized spacial score (nSPS) is 13.5. The summed E-state index contributed by atoms with van der Waals surface area (Å²) in [6.07, 6.45) is 0.249. The summed E-state index contributed by atoms with van der Waals surface area (Å²) in [5, 5.41) is 20.8. The highest BCUT2D eigenvalue weighted by Crippen LogP contribution is 2.22. The molecule has 114 valence electrons. The van der Waals surface area contributed by atoms with Crippen LogP contribution in [0.1, 0.15) is 47.9 Å². The molecule has 1 amide bonds. The maximum atomic E-state index is 12.2. The first-order chi connectivity index (χ1) is 9.74. The Hall–Kier alpha value is -2.37. The van der Waals surface area contributed by atoms with Crippen molar-refractivity contribution in [3.05, 3.63) is 35.4 Å². The van der Waals surface area contributed by atoms with Crippen LogP contribution < -0.4 is 5.32 Å². The van der Waals surface area contributed by atoms with Crippen molar-refractivity contribution in [2.45, 2.75) is 32.7 Å². The fraction of sp³-hybridized carbons (Fsp3) is 0.400. The molecule has 0 bridgehead atoms. The first kappa shape index (κ1) is 16.7. The zero-order valence-corrected chi connectivity index (χ0v) is 12.2. The van der Waals surface area contributed by atoms with Gasteiger partial charge in [0.25, 0.3) is 5.91 Å². The standard InChI is InChI=1S/C15H19NO5/c1-4-15(9(2)3,14(20)21)16-12(17)10-5-7-11(8-6-10)13(18)19/h5-9H,4H2,1-3H3,(H,16,17)(H,18,19)(H,20,21). The van der Waals surface area contributed by atoms with Gasteiger partial charge in [-0.2, -0.15) is 0 Å². The molecule has 0 radical (unpaired) electrons. The molecule has 0 aromatic heterocycles. The number of carboxylic acids is 2. The van der Waals surface area contributed by atoms with Crippen LogP contribution in [0.4, 0.5) is 0 Å². The molecule has 0 saturated carbocycles. The lowest BCUT2D eigenvalue weighted by atomic mass is 9.83. The number of aliphatic carboxylic acids is 1. The molecule has 0 aliphatic rings. The van der Waals surface area contributed by atoms with Crippen LogP contribution >= 0.6 is 0 Å². The van der Waals surface area contributed by atoms with Gasteiger partial charge in [0.2, 0.25) is 0 Å². The first-order valence-corrected chi connectivity index (χ1v) is 6.63. The van der Waals surface area contributed by atoms with Crippen molar-refractivity contribution in [2.75, 3.05) is 0 Å². The topological polar surface area (TPSA) is 104 Å². The highest BCUT2D eigenvalue weighted by molar-refractivity contribution is 5.98. The molecule has 0 heterocycles. The summed E-state index contributed by atoms with van der Waals surface area (Å²) in [4.78, 5) is 34.5. The number of rotatable bonds is 6. The van der Waals surface area contributed by atoms with Crippen LogP contribution in [0.3, 0.4) is 0 Å². The van der Waals surface area contributed by atoms with Crippen LogP contribution in [0.2, 0.25) is 0 Å². The van der Waals surface area contributed by atoms with E-state index in [1.165, 1.54) is 24.3 Å². The number of aromatic carboxylic acids is 1. The predicted molar refractivity (Wildman–Crippen MR) is 76.4 cm³/mol. The van der Waals surface area contributed by atoms with Crippen molar-refractivity contribution < 1.29 is 24.6 Å². The molecule has 0 aliphatic carbocycles. The van der Waals surface area contributed by atoms with E-state index < -0.39 is 23.4 Å². The molecule has 3 N–H and O–H groups in total. The van der Waals surface area contributed by atoms with Gasteiger partial charge in [-0.15, -0.1) is 0 Å². The third kappa shape index (κ3) is 3.39. The summed E-state index contributed by atoms with van der Waals surface area (Å²) >= 11 is 0. The molecule has 6 heteroatoms.